The molecule has 0 radical (unpaired) electrons. The van der Waals surface area contributed by atoms with E-state index < -0.39 is 0 Å². The SMILES string of the molecule is Cc1ccc2nc(Nc3cn(C)nc3C)nn2c1. The van der Waals surface area contributed by atoms with Crippen LogP contribution in [0.25, 0.3) is 5.65 Å². The summed E-state index contributed by atoms with van der Waals surface area (Å²) in [5.74, 6) is 0.580. The first-order chi connectivity index (χ1) is 8.61. The summed E-state index contributed by atoms with van der Waals surface area (Å²) in [6.07, 6.45) is 3.86. The van der Waals surface area contributed by atoms with Crippen LogP contribution in [-0.2, 0) is 7.05 Å². The minimum Gasteiger partial charge on any atom is -0.320 e. The second-order valence-corrected chi connectivity index (χ2v) is 4.37. The van der Waals surface area contributed by atoms with Crippen molar-refractivity contribution in [3.05, 3.63) is 35.8 Å². The van der Waals surface area contributed by atoms with Crippen molar-refractivity contribution >= 4 is 17.3 Å². The lowest BCUT2D eigenvalue weighted by Gasteiger charge is -1.96. The van der Waals surface area contributed by atoms with Crippen LogP contribution in [0.2, 0.25) is 0 Å². The third-order valence-electron chi connectivity index (χ3n) is 2.74. The molecule has 3 rings (SSSR count). The summed E-state index contributed by atoms with van der Waals surface area (Å²) in [6, 6.07) is 3.97. The lowest BCUT2D eigenvalue weighted by Crippen LogP contribution is -1.93. The Balaban J connectivity index is 1.97. The highest BCUT2D eigenvalue weighted by Crippen LogP contribution is 2.17. The molecule has 0 atom stereocenters. The van der Waals surface area contributed by atoms with Gasteiger partial charge < -0.3 is 5.32 Å². The maximum absolute atomic E-state index is 4.40. The average Bonchev–Trinajstić information content (AvgIpc) is 2.82. The van der Waals surface area contributed by atoms with Gasteiger partial charge in [0.05, 0.1) is 11.4 Å². The quantitative estimate of drug-likeness (QED) is 0.744. The number of aryl methyl sites for hydroxylation is 3. The lowest BCUT2D eigenvalue weighted by molar-refractivity contribution is 0.756. The summed E-state index contributed by atoms with van der Waals surface area (Å²) in [5.41, 5.74) is 3.82. The first-order valence-corrected chi connectivity index (χ1v) is 5.72. The zero-order valence-corrected chi connectivity index (χ0v) is 10.5. The van der Waals surface area contributed by atoms with Crippen molar-refractivity contribution in [3.63, 3.8) is 0 Å². The summed E-state index contributed by atoms with van der Waals surface area (Å²) in [7, 11) is 1.89. The van der Waals surface area contributed by atoms with Crippen molar-refractivity contribution in [2.75, 3.05) is 5.32 Å². The maximum atomic E-state index is 4.40. The van der Waals surface area contributed by atoms with Crippen LogP contribution in [-0.4, -0.2) is 24.4 Å². The molecule has 3 aromatic rings. The van der Waals surface area contributed by atoms with Gasteiger partial charge in [-0.05, 0) is 25.5 Å². The van der Waals surface area contributed by atoms with Crippen molar-refractivity contribution in [2.45, 2.75) is 13.8 Å². The van der Waals surface area contributed by atoms with Crippen LogP contribution in [0.15, 0.2) is 24.5 Å². The van der Waals surface area contributed by atoms with Gasteiger partial charge in [0, 0.05) is 19.4 Å². The Morgan fingerprint density at radius 2 is 1.94 bits per heavy atom. The highest BCUT2D eigenvalue weighted by atomic mass is 15.4. The summed E-state index contributed by atoms with van der Waals surface area (Å²) in [5, 5.41) is 11.8. The Morgan fingerprint density at radius 1 is 1.11 bits per heavy atom. The highest BCUT2D eigenvalue weighted by molar-refractivity contribution is 5.57. The molecule has 0 saturated heterocycles. The highest BCUT2D eigenvalue weighted by Gasteiger charge is 2.07. The molecule has 0 saturated carbocycles. The van der Waals surface area contributed by atoms with Crippen molar-refractivity contribution in [3.8, 4) is 0 Å². The van der Waals surface area contributed by atoms with E-state index in [2.05, 4.69) is 20.5 Å². The molecule has 0 amide bonds. The molecule has 0 aliphatic heterocycles. The molecular formula is C12H14N6. The molecule has 0 spiro atoms. The van der Waals surface area contributed by atoms with Gasteiger partial charge in [-0.2, -0.15) is 10.1 Å². The number of pyridine rings is 1. The molecule has 0 fully saturated rings. The number of nitrogens with one attached hydrogen (secondary N) is 1. The van der Waals surface area contributed by atoms with E-state index in [1.165, 1.54) is 0 Å². The smallest absolute Gasteiger partial charge is 0.247 e. The Bertz CT molecular complexity index is 709. The summed E-state index contributed by atoms with van der Waals surface area (Å²) < 4.78 is 3.53. The molecule has 18 heavy (non-hydrogen) atoms. The van der Waals surface area contributed by atoms with Crippen LogP contribution in [0, 0.1) is 13.8 Å². The number of rotatable bonds is 2. The van der Waals surface area contributed by atoms with Crippen LogP contribution in [0.4, 0.5) is 11.6 Å². The first-order valence-electron chi connectivity index (χ1n) is 5.72. The van der Waals surface area contributed by atoms with Gasteiger partial charge in [0.25, 0.3) is 0 Å². The normalized spacial score (nSPS) is 11.1. The van der Waals surface area contributed by atoms with Gasteiger partial charge in [-0.15, -0.1) is 5.10 Å². The van der Waals surface area contributed by atoms with Crippen LogP contribution in [0.5, 0.6) is 0 Å². The second-order valence-electron chi connectivity index (χ2n) is 4.37. The number of fused-ring (bicyclic) bond motifs is 1. The molecule has 92 valence electrons. The fraction of sp³-hybridized carbons (Fsp3) is 0.250. The predicted molar refractivity (Wildman–Crippen MR) is 69.0 cm³/mol. The van der Waals surface area contributed by atoms with Crippen LogP contribution in [0.3, 0.4) is 0 Å². The van der Waals surface area contributed by atoms with Gasteiger partial charge in [-0.25, -0.2) is 4.52 Å². The molecule has 0 unspecified atom stereocenters. The second kappa shape index (κ2) is 3.83. The molecule has 6 nitrogen and oxygen atoms in total. The third kappa shape index (κ3) is 1.81. The molecule has 3 aromatic heterocycles. The molecular weight excluding hydrogens is 228 g/mol. The van der Waals surface area contributed by atoms with Crippen LogP contribution < -0.4 is 5.32 Å². The maximum Gasteiger partial charge on any atom is 0.247 e. The van der Waals surface area contributed by atoms with Gasteiger partial charge >= 0.3 is 0 Å². The van der Waals surface area contributed by atoms with Crippen molar-refractivity contribution in [2.24, 2.45) is 7.05 Å². The van der Waals surface area contributed by atoms with E-state index in [-0.39, 0.29) is 0 Å². The molecule has 0 bridgehead atoms. The number of nitrogens with zero attached hydrogens (tertiary/aromatic N) is 5. The Morgan fingerprint density at radius 3 is 2.67 bits per heavy atom. The molecule has 0 aromatic carbocycles. The third-order valence-corrected chi connectivity index (χ3v) is 2.74. The van der Waals surface area contributed by atoms with Crippen LogP contribution in [0.1, 0.15) is 11.3 Å². The minimum atomic E-state index is 0.580. The fourth-order valence-electron chi connectivity index (χ4n) is 1.88. The van der Waals surface area contributed by atoms with E-state index in [0.29, 0.717) is 5.95 Å². The van der Waals surface area contributed by atoms with Crippen molar-refractivity contribution < 1.29 is 0 Å². The number of anilines is 2. The zero-order chi connectivity index (χ0) is 12.7. The van der Waals surface area contributed by atoms with E-state index in [9.17, 15) is 0 Å². The standard InChI is InChI=1S/C12H14N6/c1-8-4-5-11-14-12(16-18(11)6-8)13-10-7-17(3)15-9(10)2/h4-7H,1-3H3,(H,13,16). The van der Waals surface area contributed by atoms with Gasteiger partial charge in [-0.3, -0.25) is 4.68 Å². The first kappa shape index (κ1) is 10.8. The van der Waals surface area contributed by atoms with Crippen molar-refractivity contribution in [1.29, 1.82) is 0 Å². The number of hydrogen-bond donors (Lipinski definition) is 1. The Hall–Kier alpha value is -2.37. The van der Waals surface area contributed by atoms with Gasteiger partial charge in [-0.1, -0.05) is 6.07 Å². The van der Waals surface area contributed by atoms with Crippen molar-refractivity contribution in [1.82, 2.24) is 24.4 Å². The van der Waals surface area contributed by atoms with E-state index in [4.69, 9.17) is 0 Å². The van der Waals surface area contributed by atoms with E-state index in [0.717, 1.165) is 22.6 Å². The molecule has 3 heterocycles. The number of aromatic nitrogens is 5. The van der Waals surface area contributed by atoms with E-state index in [1.807, 2.05) is 45.4 Å². The van der Waals surface area contributed by atoms with Gasteiger partial charge in [0.1, 0.15) is 0 Å². The lowest BCUT2D eigenvalue weighted by atomic mass is 10.3. The van der Waals surface area contributed by atoms with E-state index >= 15 is 0 Å². The molecule has 0 aliphatic carbocycles. The summed E-state index contributed by atoms with van der Waals surface area (Å²) in [4.78, 5) is 4.40. The summed E-state index contributed by atoms with van der Waals surface area (Å²) in [6.45, 7) is 3.97. The van der Waals surface area contributed by atoms with Crippen LogP contribution >= 0.6 is 0 Å². The van der Waals surface area contributed by atoms with Gasteiger partial charge in [0.15, 0.2) is 5.65 Å². The Labute approximate surface area is 104 Å². The number of hydrogen-bond acceptors (Lipinski definition) is 4. The predicted octanol–water partition coefficient (Wildman–Crippen LogP) is 1.82. The monoisotopic (exact) mass is 242 g/mol. The topological polar surface area (TPSA) is 60.0 Å². The minimum absolute atomic E-state index is 0.580. The summed E-state index contributed by atoms with van der Waals surface area (Å²) >= 11 is 0. The largest absolute Gasteiger partial charge is 0.320 e. The fourth-order valence-corrected chi connectivity index (χ4v) is 1.88. The molecule has 0 aliphatic rings. The van der Waals surface area contributed by atoms with E-state index in [1.54, 1.807) is 9.20 Å². The van der Waals surface area contributed by atoms with Gasteiger partial charge in [0.2, 0.25) is 5.95 Å². The molecule has 6 heteroatoms. The zero-order valence-electron chi connectivity index (χ0n) is 10.5. The average molecular weight is 242 g/mol. The molecule has 1 N–H and O–H groups in total. The Kier molecular flexibility index (Phi) is 2.29.